The Balaban J connectivity index is 1.92. The monoisotopic (exact) mass is 536 g/mol. The van der Waals surface area contributed by atoms with Crippen molar-refractivity contribution in [3.63, 3.8) is 0 Å². The highest BCUT2D eigenvalue weighted by atomic mass is 32.1. The van der Waals surface area contributed by atoms with Gasteiger partial charge in [0.1, 0.15) is 11.8 Å². The van der Waals surface area contributed by atoms with Gasteiger partial charge < -0.3 is 18.9 Å². The molecule has 4 rings (SSSR count). The molecule has 0 saturated heterocycles. The molecule has 1 atom stereocenters. The van der Waals surface area contributed by atoms with Crippen molar-refractivity contribution in [1.82, 2.24) is 4.57 Å². The van der Waals surface area contributed by atoms with Crippen LogP contribution >= 0.6 is 11.3 Å². The Bertz CT molecular complexity index is 1540. The SMILES string of the molecule is CCOC(=O)C1=C(C)N=c2s/c(=C\c3ccc(OCC)c(OCC)c3)c(=O)n2[C@@H]1c1ccccc1OCC. The third-order valence-electron chi connectivity index (χ3n) is 5.90. The quantitative estimate of drug-likeness (QED) is 0.364. The Morgan fingerprint density at radius 1 is 0.947 bits per heavy atom. The predicted octanol–water partition coefficient (Wildman–Crippen LogP) is 3.99. The minimum atomic E-state index is -0.741. The third kappa shape index (κ3) is 5.38. The van der Waals surface area contributed by atoms with E-state index in [1.807, 2.05) is 63.2 Å². The van der Waals surface area contributed by atoms with Crippen LogP contribution in [0.5, 0.6) is 17.2 Å². The number of fused-ring (bicyclic) bond motifs is 1. The standard InChI is InChI=1S/C29H32N2O6S/c1-6-34-21-13-11-10-12-20(21)26-25(28(33)37-9-4)18(5)30-29-31(26)27(32)24(38-29)17-19-14-15-22(35-7-2)23(16-19)36-8-3/h10-17,26H,6-9H2,1-5H3/b24-17-/t26-/m1/s1. The maximum Gasteiger partial charge on any atom is 0.338 e. The number of hydrogen-bond donors (Lipinski definition) is 0. The van der Waals surface area contributed by atoms with Crippen LogP contribution in [0.2, 0.25) is 0 Å². The number of hydrogen-bond acceptors (Lipinski definition) is 8. The summed E-state index contributed by atoms with van der Waals surface area (Å²) < 4.78 is 24.7. The highest BCUT2D eigenvalue weighted by Crippen LogP contribution is 2.36. The number of allylic oxidation sites excluding steroid dienone is 1. The van der Waals surface area contributed by atoms with Gasteiger partial charge >= 0.3 is 5.97 Å². The lowest BCUT2D eigenvalue weighted by atomic mass is 9.95. The van der Waals surface area contributed by atoms with Crippen LogP contribution in [0.25, 0.3) is 6.08 Å². The lowest BCUT2D eigenvalue weighted by Crippen LogP contribution is -2.40. The van der Waals surface area contributed by atoms with Crippen molar-refractivity contribution in [3.8, 4) is 17.2 Å². The molecule has 0 aliphatic carbocycles. The first-order valence-corrected chi connectivity index (χ1v) is 13.6. The van der Waals surface area contributed by atoms with Crippen LogP contribution in [-0.4, -0.2) is 37.0 Å². The van der Waals surface area contributed by atoms with E-state index in [0.29, 0.717) is 63.2 Å². The molecule has 0 N–H and O–H groups in total. The number of rotatable bonds is 10. The van der Waals surface area contributed by atoms with E-state index in [-0.39, 0.29) is 12.2 Å². The number of benzene rings is 2. The molecule has 0 fully saturated rings. The van der Waals surface area contributed by atoms with Gasteiger partial charge in [0.15, 0.2) is 16.3 Å². The molecule has 0 bridgehead atoms. The average molecular weight is 537 g/mol. The molecule has 1 aromatic heterocycles. The van der Waals surface area contributed by atoms with Crippen molar-refractivity contribution in [2.75, 3.05) is 26.4 Å². The second-order valence-electron chi connectivity index (χ2n) is 8.35. The normalized spacial score (nSPS) is 15.1. The number of esters is 1. The van der Waals surface area contributed by atoms with E-state index in [2.05, 4.69) is 4.99 Å². The van der Waals surface area contributed by atoms with Crippen LogP contribution in [-0.2, 0) is 9.53 Å². The van der Waals surface area contributed by atoms with Crippen LogP contribution in [0.1, 0.15) is 51.8 Å². The number of carbonyl (C=O) groups excluding carboxylic acids is 1. The zero-order valence-corrected chi connectivity index (χ0v) is 23.1. The maximum atomic E-state index is 13.9. The minimum absolute atomic E-state index is 0.208. The summed E-state index contributed by atoms with van der Waals surface area (Å²) in [6.45, 7) is 10.9. The van der Waals surface area contributed by atoms with Crippen LogP contribution in [0, 0.1) is 0 Å². The number of nitrogens with zero attached hydrogens (tertiary/aromatic N) is 2. The molecule has 1 aliphatic heterocycles. The average Bonchev–Trinajstić information content (AvgIpc) is 3.20. The van der Waals surface area contributed by atoms with Crippen molar-refractivity contribution in [3.05, 3.63) is 84.5 Å². The molecule has 0 amide bonds. The summed E-state index contributed by atoms with van der Waals surface area (Å²) >= 11 is 1.27. The fraction of sp³-hybridized carbons (Fsp3) is 0.345. The summed E-state index contributed by atoms with van der Waals surface area (Å²) in [6, 6.07) is 12.2. The van der Waals surface area contributed by atoms with E-state index >= 15 is 0 Å². The molecule has 0 radical (unpaired) electrons. The van der Waals surface area contributed by atoms with E-state index in [1.54, 1.807) is 24.5 Å². The van der Waals surface area contributed by atoms with Crippen LogP contribution < -0.4 is 29.1 Å². The van der Waals surface area contributed by atoms with E-state index in [4.69, 9.17) is 18.9 Å². The van der Waals surface area contributed by atoms with Crippen LogP contribution in [0.3, 0.4) is 0 Å². The van der Waals surface area contributed by atoms with Gasteiger partial charge in [0.05, 0.1) is 42.2 Å². The number of carbonyl (C=O) groups is 1. The first kappa shape index (κ1) is 27.2. The molecule has 1 aliphatic rings. The van der Waals surface area contributed by atoms with Gasteiger partial charge in [-0.3, -0.25) is 9.36 Å². The number of aromatic nitrogens is 1. The lowest BCUT2D eigenvalue weighted by molar-refractivity contribution is -0.139. The Morgan fingerprint density at radius 2 is 1.63 bits per heavy atom. The Labute approximate surface area is 225 Å². The summed E-state index contributed by atoms with van der Waals surface area (Å²) in [4.78, 5) is 32.2. The largest absolute Gasteiger partial charge is 0.494 e. The van der Waals surface area contributed by atoms with Gasteiger partial charge in [-0.25, -0.2) is 9.79 Å². The van der Waals surface area contributed by atoms with E-state index < -0.39 is 12.0 Å². The fourth-order valence-electron chi connectivity index (χ4n) is 4.39. The van der Waals surface area contributed by atoms with Gasteiger partial charge in [0.2, 0.25) is 0 Å². The molecule has 38 heavy (non-hydrogen) atoms. The van der Waals surface area contributed by atoms with Gasteiger partial charge in [-0.2, -0.15) is 0 Å². The highest BCUT2D eigenvalue weighted by molar-refractivity contribution is 7.07. The zero-order valence-electron chi connectivity index (χ0n) is 22.3. The van der Waals surface area contributed by atoms with E-state index in [0.717, 1.165) is 5.56 Å². The van der Waals surface area contributed by atoms with Crippen molar-refractivity contribution in [2.24, 2.45) is 4.99 Å². The summed E-state index contributed by atoms with van der Waals surface area (Å²) in [5.74, 6) is 1.35. The van der Waals surface area contributed by atoms with Gasteiger partial charge in [-0.15, -0.1) is 0 Å². The minimum Gasteiger partial charge on any atom is -0.494 e. The molecule has 9 heteroatoms. The van der Waals surface area contributed by atoms with Crippen molar-refractivity contribution >= 4 is 23.4 Å². The molecule has 0 saturated carbocycles. The first-order chi connectivity index (χ1) is 18.4. The van der Waals surface area contributed by atoms with Crippen molar-refractivity contribution < 1.29 is 23.7 Å². The van der Waals surface area contributed by atoms with Gasteiger partial charge in [-0.1, -0.05) is 35.6 Å². The Kier molecular flexibility index (Phi) is 8.68. The molecule has 200 valence electrons. The topological polar surface area (TPSA) is 88.4 Å². The van der Waals surface area contributed by atoms with Crippen LogP contribution in [0.4, 0.5) is 0 Å². The number of ether oxygens (including phenoxy) is 4. The molecule has 8 nitrogen and oxygen atoms in total. The third-order valence-corrected chi connectivity index (χ3v) is 6.88. The molecule has 3 aromatic rings. The number of thiazole rings is 1. The molecule has 0 unspecified atom stereocenters. The lowest BCUT2D eigenvalue weighted by Gasteiger charge is -2.26. The van der Waals surface area contributed by atoms with Gasteiger partial charge in [0.25, 0.3) is 5.56 Å². The van der Waals surface area contributed by atoms with Crippen molar-refractivity contribution in [1.29, 1.82) is 0 Å². The van der Waals surface area contributed by atoms with Crippen molar-refractivity contribution in [2.45, 2.75) is 40.7 Å². The maximum absolute atomic E-state index is 13.9. The predicted molar refractivity (Wildman–Crippen MR) is 147 cm³/mol. The summed E-state index contributed by atoms with van der Waals surface area (Å²) in [5, 5.41) is 0. The molecule has 2 heterocycles. The second-order valence-corrected chi connectivity index (χ2v) is 9.35. The summed E-state index contributed by atoms with van der Waals surface area (Å²) in [6.07, 6.45) is 1.80. The number of para-hydroxylation sites is 1. The van der Waals surface area contributed by atoms with Crippen LogP contribution in [0.15, 0.2) is 63.5 Å². The Morgan fingerprint density at radius 3 is 2.34 bits per heavy atom. The van der Waals surface area contributed by atoms with E-state index in [1.165, 1.54) is 11.3 Å². The Hall–Kier alpha value is -3.85. The summed E-state index contributed by atoms with van der Waals surface area (Å²) in [5.41, 5.74) is 2.05. The smallest absolute Gasteiger partial charge is 0.338 e. The van der Waals surface area contributed by atoms with Gasteiger partial charge in [-0.05, 0) is 64.5 Å². The van der Waals surface area contributed by atoms with Gasteiger partial charge in [0, 0.05) is 5.56 Å². The highest BCUT2D eigenvalue weighted by Gasteiger charge is 2.35. The first-order valence-electron chi connectivity index (χ1n) is 12.7. The zero-order chi connectivity index (χ0) is 27.2. The second kappa shape index (κ2) is 12.1. The molecular weight excluding hydrogens is 504 g/mol. The fourth-order valence-corrected chi connectivity index (χ4v) is 5.43. The molecule has 0 spiro atoms. The molecular formula is C29H32N2O6S. The molecule has 2 aromatic carbocycles. The summed E-state index contributed by atoms with van der Waals surface area (Å²) in [7, 11) is 0. The van der Waals surface area contributed by atoms with E-state index in [9.17, 15) is 9.59 Å².